The number of hydrogen-bond donors (Lipinski definition) is 2. The second-order valence-electron chi connectivity index (χ2n) is 4.15. The zero-order valence-electron chi connectivity index (χ0n) is 9.95. The van der Waals surface area contributed by atoms with E-state index >= 15 is 0 Å². The van der Waals surface area contributed by atoms with Crippen LogP contribution in [-0.2, 0) is 4.74 Å². The number of carbonyl (C=O) groups is 1. The highest BCUT2D eigenvalue weighted by atomic mass is 16.5. The highest BCUT2D eigenvalue weighted by Gasteiger charge is 2.10. The van der Waals surface area contributed by atoms with E-state index in [0.717, 1.165) is 45.8 Å². The van der Waals surface area contributed by atoms with Crippen molar-refractivity contribution in [2.24, 2.45) is 0 Å². The number of ether oxygens (including phenoxy) is 1. The lowest BCUT2D eigenvalue weighted by Gasteiger charge is -2.26. The van der Waals surface area contributed by atoms with Crippen LogP contribution in [0.3, 0.4) is 0 Å². The predicted octanol–water partition coefficient (Wildman–Crippen LogP) is 0.467. The van der Waals surface area contributed by atoms with Gasteiger partial charge in [0.1, 0.15) is 5.69 Å². The number of hydrogen-bond acceptors (Lipinski definition) is 3. The van der Waals surface area contributed by atoms with E-state index in [1.807, 2.05) is 6.07 Å². The molecule has 0 saturated carbocycles. The fraction of sp³-hybridized carbons (Fsp3) is 0.583. The number of aromatic amines is 1. The summed E-state index contributed by atoms with van der Waals surface area (Å²) in [5.41, 5.74) is 0.622. The van der Waals surface area contributed by atoms with Crippen LogP contribution in [0.25, 0.3) is 0 Å². The van der Waals surface area contributed by atoms with Crippen LogP contribution < -0.4 is 5.32 Å². The molecule has 1 amide bonds. The average Bonchev–Trinajstić information content (AvgIpc) is 2.89. The minimum absolute atomic E-state index is 0.0306. The van der Waals surface area contributed by atoms with E-state index in [1.54, 1.807) is 12.3 Å². The smallest absolute Gasteiger partial charge is 0.267 e. The lowest BCUT2D eigenvalue weighted by molar-refractivity contribution is 0.0374. The number of aromatic nitrogens is 1. The second kappa shape index (κ2) is 6.42. The summed E-state index contributed by atoms with van der Waals surface area (Å²) >= 11 is 0. The van der Waals surface area contributed by atoms with E-state index in [-0.39, 0.29) is 5.91 Å². The van der Waals surface area contributed by atoms with Crippen molar-refractivity contribution in [3.05, 3.63) is 24.0 Å². The molecule has 94 valence electrons. The summed E-state index contributed by atoms with van der Waals surface area (Å²) in [6, 6.07) is 3.60. The Morgan fingerprint density at radius 1 is 1.47 bits per heavy atom. The van der Waals surface area contributed by atoms with Gasteiger partial charge in [0, 0.05) is 25.8 Å². The zero-order chi connectivity index (χ0) is 11.9. The van der Waals surface area contributed by atoms with Gasteiger partial charge in [-0.15, -0.1) is 0 Å². The van der Waals surface area contributed by atoms with E-state index in [1.165, 1.54) is 0 Å². The Bertz CT molecular complexity index is 332. The molecular weight excluding hydrogens is 218 g/mol. The molecule has 2 heterocycles. The third-order valence-corrected chi connectivity index (χ3v) is 2.88. The highest BCUT2D eigenvalue weighted by Crippen LogP contribution is 1.98. The summed E-state index contributed by atoms with van der Waals surface area (Å²) in [6.45, 7) is 5.41. The molecule has 1 aliphatic rings. The van der Waals surface area contributed by atoms with Gasteiger partial charge in [0.15, 0.2) is 0 Å². The van der Waals surface area contributed by atoms with Gasteiger partial charge in [0.25, 0.3) is 5.91 Å². The van der Waals surface area contributed by atoms with Crippen molar-refractivity contribution < 1.29 is 9.53 Å². The first-order valence-electron chi connectivity index (χ1n) is 6.08. The van der Waals surface area contributed by atoms with Crippen LogP contribution in [0.4, 0.5) is 0 Å². The van der Waals surface area contributed by atoms with Gasteiger partial charge in [-0.05, 0) is 25.1 Å². The van der Waals surface area contributed by atoms with Crippen molar-refractivity contribution >= 4 is 5.91 Å². The third kappa shape index (κ3) is 3.87. The number of morpholine rings is 1. The molecule has 1 aromatic heterocycles. The molecule has 0 radical (unpaired) electrons. The predicted molar refractivity (Wildman–Crippen MR) is 65.0 cm³/mol. The normalized spacial score (nSPS) is 16.9. The molecule has 1 aromatic rings. The molecule has 0 spiro atoms. The van der Waals surface area contributed by atoms with E-state index in [4.69, 9.17) is 4.74 Å². The molecule has 0 bridgehead atoms. The Morgan fingerprint density at radius 2 is 2.29 bits per heavy atom. The van der Waals surface area contributed by atoms with Gasteiger partial charge in [-0.25, -0.2) is 0 Å². The number of amides is 1. The maximum absolute atomic E-state index is 11.6. The van der Waals surface area contributed by atoms with Crippen LogP contribution in [0.15, 0.2) is 18.3 Å². The Labute approximate surface area is 101 Å². The largest absolute Gasteiger partial charge is 0.379 e. The fourth-order valence-electron chi connectivity index (χ4n) is 1.90. The lowest BCUT2D eigenvalue weighted by Crippen LogP contribution is -2.38. The third-order valence-electron chi connectivity index (χ3n) is 2.88. The molecular formula is C12H19N3O2. The lowest BCUT2D eigenvalue weighted by atomic mass is 10.3. The molecule has 1 fully saturated rings. The number of nitrogens with zero attached hydrogens (tertiary/aromatic N) is 1. The Morgan fingerprint density at radius 3 is 3.00 bits per heavy atom. The molecule has 2 N–H and O–H groups in total. The Balaban J connectivity index is 1.58. The molecule has 0 atom stereocenters. The summed E-state index contributed by atoms with van der Waals surface area (Å²) in [4.78, 5) is 16.8. The van der Waals surface area contributed by atoms with E-state index in [2.05, 4.69) is 15.2 Å². The second-order valence-corrected chi connectivity index (χ2v) is 4.15. The maximum Gasteiger partial charge on any atom is 0.267 e. The SMILES string of the molecule is O=C(NCCCN1CCOCC1)c1ccc[nH]1. The van der Waals surface area contributed by atoms with Crippen molar-refractivity contribution in [2.75, 3.05) is 39.4 Å². The van der Waals surface area contributed by atoms with Crippen LogP contribution in [0.5, 0.6) is 0 Å². The topological polar surface area (TPSA) is 57.4 Å². The highest BCUT2D eigenvalue weighted by molar-refractivity contribution is 5.92. The molecule has 17 heavy (non-hydrogen) atoms. The van der Waals surface area contributed by atoms with E-state index in [0.29, 0.717) is 5.69 Å². The van der Waals surface area contributed by atoms with Crippen molar-refractivity contribution in [1.82, 2.24) is 15.2 Å². The van der Waals surface area contributed by atoms with Crippen LogP contribution in [0.1, 0.15) is 16.9 Å². The van der Waals surface area contributed by atoms with E-state index in [9.17, 15) is 4.79 Å². The van der Waals surface area contributed by atoms with Crippen molar-refractivity contribution in [3.63, 3.8) is 0 Å². The Hall–Kier alpha value is -1.33. The molecule has 0 aromatic carbocycles. The Kier molecular flexibility index (Phi) is 4.58. The van der Waals surface area contributed by atoms with E-state index < -0.39 is 0 Å². The quantitative estimate of drug-likeness (QED) is 0.732. The van der Waals surface area contributed by atoms with Crippen molar-refractivity contribution in [2.45, 2.75) is 6.42 Å². The standard InChI is InChI=1S/C12H19N3O2/c16-12(11-3-1-4-13-11)14-5-2-6-15-7-9-17-10-8-15/h1,3-4,13H,2,5-10H2,(H,14,16). The molecule has 5 nitrogen and oxygen atoms in total. The first kappa shape index (κ1) is 12.1. The number of carbonyl (C=O) groups excluding carboxylic acids is 1. The van der Waals surface area contributed by atoms with Crippen LogP contribution in [0.2, 0.25) is 0 Å². The number of H-pyrrole nitrogens is 1. The van der Waals surface area contributed by atoms with Crippen molar-refractivity contribution in [3.8, 4) is 0 Å². The van der Waals surface area contributed by atoms with Crippen LogP contribution in [-0.4, -0.2) is 55.2 Å². The first-order valence-corrected chi connectivity index (χ1v) is 6.08. The molecule has 1 aliphatic heterocycles. The first-order chi connectivity index (χ1) is 8.36. The average molecular weight is 237 g/mol. The van der Waals surface area contributed by atoms with Gasteiger partial charge in [0.05, 0.1) is 13.2 Å². The van der Waals surface area contributed by atoms with Gasteiger partial charge in [-0.2, -0.15) is 0 Å². The monoisotopic (exact) mass is 237 g/mol. The van der Waals surface area contributed by atoms with Gasteiger partial charge in [-0.3, -0.25) is 9.69 Å². The minimum atomic E-state index is -0.0306. The van der Waals surface area contributed by atoms with Gasteiger partial charge >= 0.3 is 0 Å². The summed E-state index contributed by atoms with van der Waals surface area (Å²) in [6.07, 6.45) is 2.73. The maximum atomic E-state index is 11.6. The molecule has 2 rings (SSSR count). The summed E-state index contributed by atoms with van der Waals surface area (Å²) in [5, 5.41) is 2.90. The molecule has 5 heteroatoms. The minimum Gasteiger partial charge on any atom is -0.379 e. The van der Waals surface area contributed by atoms with Crippen molar-refractivity contribution in [1.29, 1.82) is 0 Å². The van der Waals surface area contributed by atoms with Gasteiger partial charge in [0.2, 0.25) is 0 Å². The van der Waals surface area contributed by atoms with Crippen LogP contribution >= 0.6 is 0 Å². The summed E-state index contributed by atoms with van der Waals surface area (Å²) in [7, 11) is 0. The molecule has 0 unspecified atom stereocenters. The summed E-state index contributed by atoms with van der Waals surface area (Å²) < 4.78 is 5.28. The molecule has 1 saturated heterocycles. The van der Waals surface area contributed by atoms with Gasteiger partial charge in [-0.1, -0.05) is 0 Å². The zero-order valence-corrected chi connectivity index (χ0v) is 9.95. The summed E-state index contributed by atoms with van der Waals surface area (Å²) in [5.74, 6) is -0.0306. The number of rotatable bonds is 5. The van der Waals surface area contributed by atoms with Crippen LogP contribution in [0, 0.1) is 0 Å². The number of nitrogens with one attached hydrogen (secondary N) is 2. The van der Waals surface area contributed by atoms with Gasteiger partial charge < -0.3 is 15.0 Å². The fourth-order valence-corrected chi connectivity index (χ4v) is 1.90. The molecule has 0 aliphatic carbocycles.